The summed E-state index contributed by atoms with van der Waals surface area (Å²) in [5, 5.41) is 7.00. The Morgan fingerprint density at radius 3 is 2.61 bits per heavy atom. The Bertz CT molecular complexity index is 1220. The average Bonchev–Trinajstić information content (AvgIpc) is 3.31. The summed E-state index contributed by atoms with van der Waals surface area (Å²) < 4.78 is 6.80. The molecule has 9 nitrogen and oxygen atoms in total. The van der Waals surface area contributed by atoms with Gasteiger partial charge in [-0.3, -0.25) is 19.1 Å². The quantitative estimate of drug-likeness (QED) is 0.499. The molecule has 3 amide bonds. The molecular formula is C27H31N5O4. The van der Waals surface area contributed by atoms with Crippen molar-refractivity contribution in [2.45, 2.75) is 32.9 Å². The van der Waals surface area contributed by atoms with Crippen LogP contribution in [0.4, 0.5) is 5.69 Å². The highest BCUT2D eigenvalue weighted by atomic mass is 16.5. The van der Waals surface area contributed by atoms with Crippen LogP contribution in [0.2, 0.25) is 0 Å². The van der Waals surface area contributed by atoms with E-state index in [9.17, 15) is 14.4 Å². The van der Waals surface area contributed by atoms with Gasteiger partial charge in [0.2, 0.25) is 17.7 Å². The average molecular weight is 490 g/mol. The molecule has 9 heteroatoms. The Balaban J connectivity index is 1.23. The van der Waals surface area contributed by atoms with E-state index in [0.29, 0.717) is 38.2 Å². The molecule has 188 valence electrons. The fraction of sp³-hybridized carbons (Fsp3) is 0.333. The Morgan fingerprint density at radius 1 is 1.08 bits per heavy atom. The Morgan fingerprint density at radius 2 is 1.86 bits per heavy atom. The number of piperazine rings is 1. The van der Waals surface area contributed by atoms with Crippen LogP contribution in [0.25, 0.3) is 0 Å². The number of hydrogen-bond acceptors (Lipinski definition) is 5. The first-order chi connectivity index (χ1) is 17.4. The number of carbonyl (C=O) groups excluding carboxylic acids is 3. The number of methoxy groups -OCH3 is 1. The molecule has 0 bridgehead atoms. The zero-order valence-corrected chi connectivity index (χ0v) is 20.6. The lowest BCUT2D eigenvalue weighted by Gasteiger charge is -2.34. The van der Waals surface area contributed by atoms with Gasteiger partial charge in [0.1, 0.15) is 12.3 Å². The number of para-hydroxylation sites is 1. The van der Waals surface area contributed by atoms with Crippen molar-refractivity contribution in [3.63, 3.8) is 0 Å². The number of hydrogen-bond donors (Lipinski definition) is 1. The minimum absolute atomic E-state index is 0.00231. The van der Waals surface area contributed by atoms with Crippen molar-refractivity contribution in [2.24, 2.45) is 0 Å². The molecule has 0 radical (unpaired) electrons. The summed E-state index contributed by atoms with van der Waals surface area (Å²) in [6.45, 7) is 3.59. The van der Waals surface area contributed by atoms with E-state index < -0.39 is 0 Å². The molecule has 4 rings (SSSR count). The second-order valence-electron chi connectivity index (χ2n) is 8.90. The number of benzene rings is 2. The molecule has 36 heavy (non-hydrogen) atoms. The van der Waals surface area contributed by atoms with Crippen LogP contribution in [0.5, 0.6) is 5.75 Å². The maximum Gasteiger partial charge on any atom is 0.244 e. The van der Waals surface area contributed by atoms with Crippen LogP contribution in [0.3, 0.4) is 0 Å². The van der Waals surface area contributed by atoms with E-state index in [-0.39, 0.29) is 30.8 Å². The van der Waals surface area contributed by atoms with Crippen LogP contribution in [-0.2, 0) is 33.9 Å². The molecule has 0 spiro atoms. The third-order valence-electron chi connectivity index (χ3n) is 6.19. The summed E-state index contributed by atoms with van der Waals surface area (Å²) in [6.07, 6.45) is 3.97. The second-order valence-corrected chi connectivity index (χ2v) is 8.90. The molecule has 3 aromatic rings. The fourth-order valence-corrected chi connectivity index (χ4v) is 4.14. The smallest absolute Gasteiger partial charge is 0.244 e. The van der Waals surface area contributed by atoms with Gasteiger partial charge in [-0.15, -0.1) is 0 Å². The molecule has 1 aliphatic heterocycles. The van der Waals surface area contributed by atoms with Crippen LogP contribution in [0.15, 0.2) is 60.9 Å². The number of rotatable bonds is 9. The number of carbonyl (C=O) groups is 3. The summed E-state index contributed by atoms with van der Waals surface area (Å²) >= 11 is 0. The van der Waals surface area contributed by atoms with Crippen LogP contribution < -0.4 is 10.1 Å². The first kappa shape index (κ1) is 25.0. The van der Waals surface area contributed by atoms with Crippen molar-refractivity contribution in [2.75, 3.05) is 32.1 Å². The van der Waals surface area contributed by atoms with Gasteiger partial charge in [0.15, 0.2) is 0 Å². The SMILES string of the molecule is COc1ccccc1CCC(=O)Nc1cnn(CC(=O)N2CCN(Cc3ccc(C)cc3)C(=O)C2)c1. The number of nitrogens with zero attached hydrogens (tertiary/aromatic N) is 4. The van der Waals surface area contributed by atoms with E-state index >= 15 is 0 Å². The lowest BCUT2D eigenvalue weighted by Crippen LogP contribution is -2.52. The van der Waals surface area contributed by atoms with Crippen molar-refractivity contribution in [3.05, 3.63) is 77.6 Å². The molecule has 1 N–H and O–H groups in total. The van der Waals surface area contributed by atoms with Crippen LogP contribution >= 0.6 is 0 Å². The summed E-state index contributed by atoms with van der Waals surface area (Å²) in [6, 6.07) is 15.7. The monoisotopic (exact) mass is 489 g/mol. The van der Waals surface area contributed by atoms with Crippen LogP contribution in [-0.4, -0.2) is 64.0 Å². The van der Waals surface area contributed by atoms with Crippen molar-refractivity contribution in [3.8, 4) is 5.75 Å². The van der Waals surface area contributed by atoms with Gasteiger partial charge in [-0.25, -0.2) is 0 Å². The zero-order valence-electron chi connectivity index (χ0n) is 20.6. The van der Waals surface area contributed by atoms with E-state index in [2.05, 4.69) is 10.4 Å². The highest BCUT2D eigenvalue weighted by Crippen LogP contribution is 2.19. The fourth-order valence-electron chi connectivity index (χ4n) is 4.14. The molecule has 1 saturated heterocycles. The summed E-state index contributed by atoms with van der Waals surface area (Å²) in [4.78, 5) is 41.1. The number of amides is 3. The number of aromatic nitrogens is 2. The molecule has 1 fully saturated rings. The summed E-state index contributed by atoms with van der Waals surface area (Å²) in [7, 11) is 1.61. The van der Waals surface area contributed by atoms with Crippen LogP contribution in [0.1, 0.15) is 23.1 Å². The molecule has 0 saturated carbocycles. The lowest BCUT2D eigenvalue weighted by molar-refractivity contribution is -0.146. The highest BCUT2D eigenvalue weighted by molar-refractivity contribution is 5.90. The summed E-state index contributed by atoms with van der Waals surface area (Å²) in [5.41, 5.74) is 3.73. The first-order valence-electron chi connectivity index (χ1n) is 12.0. The van der Waals surface area contributed by atoms with Crippen LogP contribution in [0, 0.1) is 6.92 Å². The third-order valence-corrected chi connectivity index (χ3v) is 6.19. The second kappa shape index (κ2) is 11.5. The molecule has 1 aliphatic rings. The van der Waals surface area contributed by atoms with Crippen molar-refractivity contribution in [1.82, 2.24) is 19.6 Å². The lowest BCUT2D eigenvalue weighted by atomic mass is 10.1. The van der Waals surface area contributed by atoms with Crippen molar-refractivity contribution in [1.29, 1.82) is 0 Å². The van der Waals surface area contributed by atoms with E-state index in [4.69, 9.17) is 4.74 Å². The maximum absolute atomic E-state index is 12.8. The van der Waals surface area contributed by atoms with E-state index in [0.717, 1.165) is 16.9 Å². The predicted octanol–water partition coefficient (Wildman–Crippen LogP) is 2.64. The number of aryl methyl sites for hydroxylation is 2. The third kappa shape index (κ3) is 6.50. The van der Waals surface area contributed by atoms with Gasteiger partial charge >= 0.3 is 0 Å². The van der Waals surface area contributed by atoms with Gasteiger partial charge in [-0.2, -0.15) is 5.10 Å². The van der Waals surface area contributed by atoms with Gasteiger partial charge in [0.05, 0.1) is 25.5 Å². The van der Waals surface area contributed by atoms with Gasteiger partial charge < -0.3 is 19.9 Å². The zero-order chi connectivity index (χ0) is 25.5. The Labute approximate surface area is 210 Å². The molecule has 2 heterocycles. The topological polar surface area (TPSA) is 96.8 Å². The van der Waals surface area contributed by atoms with Crippen molar-refractivity contribution >= 4 is 23.4 Å². The minimum atomic E-state index is -0.185. The molecular weight excluding hydrogens is 458 g/mol. The van der Waals surface area contributed by atoms with E-state index in [1.807, 2.05) is 55.5 Å². The maximum atomic E-state index is 12.8. The summed E-state index contributed by atoms with van der Waals surface area (Å²) in [5.74, 6) is 0.349. The standard InChI is InChI=1S/C27H31N5O4/c1-20-7-9-21(10-8-20)16-30-13-14-31(18-26(30)34)27(35)19-32-17-23(15-28-32)29-25(33)12-11-22-5-3-4-6-24(22)36-2/h3-10,15,17H,11-14,16,18-19H2,1-2H3,(H,29,33). The van der Waals surface area contributed by atoms with Crippen molar-refractivity contribution < 1.29 is 19.1 Å². The normalized spacial score (nSPS) is 13.6. The Hall–Kier alpha value is -4.14. The predicted molar refractivity (Wildman–Crippen MR) is 135 cm³/mol. The van der Waals surface area contributed by atoms with Gasteiger partial charge in [0.25, 0.3) is 0 Å². The molecule has 0 atom stereocenters. The minimum Gasteiger partial charge on any atom is -0.496 e. The molecule has 1 aromatic heterocycles. The van der Waals surface area contributed by atoms with Gasteiger partial charge in [-0.05, 0) is 30.5 Å². The number of anilines is 1. The van der Waals surface area contributed by atoms with E-state index in [1.54, 1.807) is 23.1 Å². The van der Waals surface area contributed by atoms with Gasteiger partial charge in [-0.1, -0.05) is 48.0 Å². The van der Waals surface area contributed by atoms with E-state index in [1.165, 1.54) is 16.4 Å². The van der Waals surface area contributed by atoms with Gasteiger partial charge in [0, 0.05) is 32.3 Å². The molecule has 2 aromatic carbocycles. The largest absolute Gasteiger partial charge is 0.496 e. The highest BCUT2D eigenvalue weighted by Gasteiger charge is 2.27. The number of nitrogens with one attached hydrogen (secondary N) is 1. The molecule has 0 aliphatic carbocycles. The Kier molecular flexibility index (Phi) is 7.99. The molecule has 0 unspecified atom stereocenters. The number of ether oxygens (including phenoxy) is 1. The first-order valence-corrected chi connectivity index (χ1v) is 12.0.